The van der Waals surface area contributed by atoms with E-state index in [0.29, 0.717) is 0 Å². The molecule has 1 aromatic carbocycles. The van der Waals surface area contributed by atoms with Gasteiger partial charge in [-0.3, -0.25) is 0 Å². The van der Waals surface area contributed by atoms with Gasteiger partial charge in [-0.1, -0.05) is 30.4 Å². The van der Waals surface area contributed by atoms with Gasteiger partial charge in [-0.05, 0) is 12.5 Å². The third-order valence-corrected chi connectivity index (χ3v) is 4.94. The summed E-state index contributed by atoms with van der Waals surface area (Å²) in [7, 11) is -7.41. The van der Waals surface area contributed by atoms with Crippen LogP contribution in [0.3, 0.4) is 0 Å². The molecule has 0 aromatic heterocycles. The fourth-order valence-corrected chi connectivity index (χ4v) is 3.55. The zero-order chi connectivity index (χ0) is 15.4. The van der Waals surface area contributed by atoms with Crippen LogP contribution in [0.2, 0.25) is 0 Å². The molecule has 0 aliphatic rings. The van der Waals surface area contributed by atoms with Crippen molar-refractivity contribution in [2.75, 3.05) is 12.3 Å². The van der Waals surface area contributed by atoms with Crippen LogP contribution in [-0.2, 0) is 20.0 Å². The molecule has 7 nitrogen and oxygen atoms in total. The first-order valence-corrected chi connectivity index (χ1v) is 9.13. The molecule has 0 radical (unpaired) electrons. The van der Waals surface area contributed by atoms with Crippen LogP contribution in [0.1, 0.15) is 12.0 Å². The lowest BCUT2D eigenvalue weighted by Gasteiger charge is -2.10. The molecule has 5 N–H and O–H groups in total. The molecule has 0 aliphatic carbocycles. The summed E-state index contributed by atoms with van der Waals surface area (Å²) in [5.41, 5.74) is 5.70. The predicted molar refractivity (Wildman–Crippen MR) is 80.1 cm³/mol. The van der Waals surface area contributed by atoms with Crippen molar-refractivity contribution in [1.82, 2.24) is 4.72 Å². The lowest BCUT2D eigenvalue weighted by molar-refractivity contribution is 0.576. The Balaban J connectivity index is 2.82. The number of thiocarbonyl (C=S) groups is 1. The minimum Gasteiger partial charge on any atom is -0.389 e. The van der Waals surface area contributed by atoms with Crippen LogP contribution in [0.4, 0.5) is 0 Å². The van der Waals surface area contributed by atoms with Crippen LogP contribution < -0.4 is 15.6 Å². The fourth-order valence-electron chi connectivity index (χ4n) is 1.46. The van der Waals surface area contributed by atoms with E-state index < -0.39 is 20.0 Å². The van der Waals surface area contributed by atoms with Gasteiger partial charge >= 0.3 is 0 Å². The molecule has 0 saturated heterocycles. The first-order chi connectivity index (χ1) is 9.13. The molecule has 0 spiro atoms. The monoisotopic (exact) mass is 337 g/mol. The number of rotatable bonds is 7. The zero-order valence-electron chi connectivity index (χ0n) is 10.4. The van der Waals surface area contributed by atoms with Gasteiger partial charge < -0.3 is 5.73 Å². The van der Waals surface area contributed by atoms with Crippen molar-refractivity contribution >= 4 is 37.3 Å². The smallest absolute Gasteiger partial charge is 0.241 e. The maximum atomic E-state index is 12.1. The summed E-state index contributed by atoms with van der Waals surface area (Å²) < 4.78 is 47.9. The lowest BCUT2D eigenvalue weighted by atomic mass is 10.2. The quantitative estimate of drug-likeness (QED) is 0.444. The molecule has 1 rings (SSSR count). The Morgan fingerprint density at radius 1 is 1.20 bits per heavy atom. The van der Waals surface area contributed by atoms with Gasteiger partial charge in [0.05, 0.1) is 10.6 Å². The molecular formula is C10H15N3O4S3. The molecule has 0 saturated carbocycles. The molecular weight excluding hydrogens is 322 g/mol. The summed E-state index contributed by atoms with van der Waals surface area (Å²) in [6.45, 7) is -0.0512. The van der Waals surface area contributed by atoms with E-state index in [1.165, 1.54) is 12.1 Å². The average molecular weight is 337 g/mol. The van der Waals surface area contributed by atoms with Gasteiger partial charge in [-0.15, -0.1) is 0 Å². The minimum atomic E-state index is -3.81. The first kappa shape index (κ1) is 17.0. The molecule has 20 heavy (non-hydrogen) atoms. The maximum Gasteiger partial charge on any atom is 0.241 e. The van der Waals surface area contributed by atoms with Crippen molar-refractivity contribution < 1.29 is 16.8 Å². The van der Waals surface area contributed by atoms with Crippen molar-refractivity contribution in [2.45, 2.75) is 11.3 Å². The molecule has 10 heteroatoms. The van der Waals surface area contributed by atoms with Gasteiger partial charge in [-0.25, -0.2) is 26.7 Å². The number of hydrogen-bond donors (Lipinski definition) is 3. The SMILES string of the molecule is NC(=S)c1ccccc1S(=O)(=O)NCCCS(N)(=O)=O. The zero-order valence-corrected chi connectivity index (χ0v) is 12.9. The Labute approximate surface area is 123 Å². The molecule has 112 valence electrons. The molecule has 0 bridgehead atoms. The second-order valence-electron chi connectivity index (χ2n) is 3.98. The minimum absolute atomic E-state index is 0.0319. The van der Waals surface area contributed by atoms with E-state index >= 15 is 0 Å². The van der Waals surface area contributed by atoms with Crippen LogP contribution in [0.15, 0.2) is 29.2 Å². The maximum absolute atomic E-state index is 12.1. The number of sulfonamides is 2. The molecule has 0 atom stereocenters. The van der Waals surface area contributed by atoms with E-state index in [4.69, 9.17) is 23.1 Å². The normalized spacial score (nSPS) is 12.2. The fraction of sp³-hybridized carbons (Fsp3) is 0.300. The van der Waals surface area contributed by atoms with Crippen LogP contribution in [0.5, 0.6) is 0 Å². The summed E-state index contributed by atoms with van der Waals surface area (Å²) in [5, 5.41) is 4.82. The number of nitrogens with one attached hydrogen (secondary N) is 1. The van der Waals surface area contributed by atoms with Crippen molar-refractivity contribution in [3.63, 3.8) is 0 Å². The van der Waals surface area contributed by atoms with E-state index in [0.717, 1.165) is 0 Å². The number of benzene rings is 1. The van der Waals surface area contributed by atoms with E-state index in [1.54, 1.807) is 12.1 Å². The third kappa shape index (κ3) is 5.13. The van der Waals surface area contributed by atoms with E-state index in [9.17, 15) is 16.8 Å². The highest BCUT2D eigenvalue weighted by molar-refractivity contribution is 7.90. The van der Waals surface area contributed by atoms with Gasteiger partial charge in [0, 0.05) is 12.1 Å². The molecule has 0 fully saturated rings. The summed E-state index contributed by atoms with van der Waals surface area (Å²) in [6.07, 6.45) is 0.0767. The van der Waals surface area contributed by atoms with Crippen molar-refractivity contribution in [1.29, 1.82) is 0 Å². The largest absolute Gasteiger partial charge is 0.389 e. The molecule has 0 amide bonds. The first-order valence-electron chi connectivity index (χ1n) is 5.52. The van der Waals surface area contributed by atoms with Crippen LogP contribution in [-0.4, -0.2) is 34.1 Å². The number of nitrogens with two attached hydrogens (primary N) is 2. The Bertz CT molecular complexity index is 698. The van der Waals surface area contributed by atoms with E-state index in [2.05, 4.69) is 4.72 Å². The highest BCUT2D eigenvalue weighted by atomic mass is 32.2. The van der Waals surface area contributed by atoms with E-state index in [1.807, 2.05) is 0 Å². The summed E-state index contributed by atoms with van der Waals surface area (Å²) in [6, 6.07) is 6.03. The van der Waals surface area contributed by atoms with Crippen molar-refractivity contribution in [2.24, 2.45) is 10.9 Å². The number of hydrogen-bond acceptors (Lipinski definition) is 5. The average Bonchev–Trinajstić information content (AvgIpc) is 2.33. The van der Waals surface area contributed by atoms with Crippen LogP contribution in [0, 0.1) is 0 Å². The van der Waals surface area contributed by atoms with Crippen molar-refractivity contribution in [3.05, 3.63) is 29.8 Å². The molecule has 0 aliphatic heterocycles. The van der Waals surface area contributed by atoms with Gasteiger partial charge in [0.2, 0.25) is 20.0 Å². The summed E-state index contributed by atoms with van der Waals surface area (Å²) in [4.78, 5) is -0.0707. The molecule has 1 aromatic rings. The van der Waals surface area contributed by atoms with Crippen LogP contribution in [0.25, 0.3) is 0 Å². The topological polar surface area (TPSA) is 132 Å². The van der Waals surface area contributed by atoms with E-state index in [-0.39, 0.29) is 34.2 Å². The molecule has 0 unspecified atom stereocenters. The Kier molecular flexibility index (Phi) is 5.59. The Morgan fingerprint density at radius 2 is 1.80 bits per heavy atom. The van der Waals surface area contributed by atoms with Gasteiger partial charge in [0.1, 0.15) is 4.99 Å². The van der Waals surface area contributed by atoms with Gasteiger partial charge in [0.15, 0.2) is 0 Å². The van der Waals surface area contributed by atoms with Crippen LogP contribution >= 0.6 is 12.2 Å². The highest BCUT2D eigenvalue weighted by Gasteiger charge is 2.18. The van der Waals surface area contributed by atoms with Gasteiger partial charge in [0.25, 0.3) is 0 Å². The summed E-state index contributed by atoms with van der Waals surface area (Å²) >= 11 is 4.79. The Hall–Kier alpha value is -1.07. The summed E-state index contributed by atoms with van der Waals surface area (Å²) in [5.74, 6) is -0.299. The Morgan fingerprint density at radius 3 is 2.35 bits per heavy atom. The van der Waals surface area contributed by atoms with Gasteiger partial charge in [-0.2, -0.15) is 0 Å². The lowest BCUT2D eigenvalue weighted by Crippen LogP contribution is -2.29. The second-order valence-corrected chi connectivity index (χ2v) is 7.89. The third-order valence-electron chi connectivity index (χ3n) is 2.34. The van der Waals surface area contributed by atoms with Crippen molar-refractivity contribution in [3.8, 4) is 0 Å². The predicted octanol–water partition coefficient (Wildman–Crippen LogP) is -0.722. The second kappa shape index (κ2) is 6.59. The standard InChI is InChI=1S/C10H15N3O4S3/c11-10(18)8-4-1-2-5-9(8)20(16,17)13-6-3-7-19(12,14)15/h1-2,4-5,13H,3,6-7H2,(H2,11,18)(H2,12,14,15). The molecule has 0 heterocycles. The highest BCUT2D eigenvalue weighted by Crippen LogP contribution is 2.15. The number of primary sulfonamides is 1.